The highest BCUT2D eigenvalue weighted by Gasteiger charge is 2.26. The minimum atomic E-state index is -0.728. The molecule has 0 aliphatic carbocycles. The lowest BCUT2D eigenvalue weighted by Crippen LogP contribution is -2.46. The molecule has 1 unspecified atom stereocenters. The van der Waals surface area contributed by atoms with Crippen molar-refractivity contribution in [3.8, 4) is 11.5 Å². The number of nitrogens with one attached hydrogen (secondary N) is 1. The second-order valence-electron chi connectivity index (χ2n) is 7.47. The van der Waals surface area contributed by atoms with Gasteiger partial charge in [-0.15, -0.1) is 11.8 Å². The Bertz CT molecular complexity index is 876. The summed E-state index contributed by atoms with van der Waals surface area (Å²) in [6.45, 7) is 4.59. The zero-order chi connectivity index (χ0) is 23.5. The highest BCUT2D eigenvalue weighted by molar-refractivity contribution is 8.01. The third-order valence-corrected chi connectivity index (χ3v) is 5.79. The Labute approximate surface area is 194 Å². The number of carbonyl (C=O) groups excluding carboxylic acids is 2. The van der Waals surface area contributed by atoms with E-state index in [0.29, 0.717) is 24.5 Å². The van der Waals surface area contributed by atoms with Gasteiger partial charge in [0, 0.05) is 18.8 Å². The van der Waals surface area contributed by atoms with Crippen LogP contribution in [0.4, 0.5) is 4.79 Å². The molecule has 0 aliphatic heterocycles. The normalized spacial score (nSPS) is 11.6. The number of nitrogens with zero attached hydrogens (tertiary/aromatic N) is 1. The van der Waals surface area contributed by atoms with E-state index in [2.05, 4.69) is 5.32 Å². The lowest BCUT2D eigenvalue weighted by molar-refractivity contribution is -0.129. The summed E-state index contributed by atoms with van der Waals surface area (Å²) in [7, 11) is 4.91. The predicted octanol–water partition coefficient (Wildman–Crippen LogP) is 4.10. The Hall–Kier alpha value is -2.87. The van der Waals surface area contributed by atoms with Gasteiger partial charge in [-0.05, 0) is 29.7 Å². The van der Waals surface area contributed by atoms with E-state index in [1.807, 2.05) is 62.4 Å². The molecule has 0 saturated carbocycles. The van der Waals surface area contributed by atoms with Crippen LogP contribution in [-0.4, -0.2) is 55.3 Å². The molecule has 0 aliphatic rings. The van der Waals surface area contributed by atoms with Crippen LogP contribution in [0.15, 0.2) is 48.5 Å². The Morgan fingerprint density at radius 1 is 1.00 bits per heavy atom. The molecule has 0 heterocycles. The Morgan fingerprint density at radius 2 is 1.69 bits per heavy atom. The number of hydrogen-bond acceptors (Lipinski definition) is 6. The minimum Gasteiger partial charge on any atom is -0.493 e. The maximum Gasteiger partial charge on any atom is 0.408 e. The molecular formula is C24H32N2O5S. The maximum atomic E-state index is 13.0. The van der Waals surface area contributed by atoms with Crippen molar-refractivity contribution in [2.24, 2.45) is 0 Å². The van der Waals surface area contributed by atoms with E-state index in [1.165, 1.54) is 11.8 Å². The van der Waals surface area contributed by atoms with Crippen molar-refractivity contribution < 1.29 is 23.8 Å². The summed E-state index contributed by atoms with van der Waals surface area (Å²) in [6.07, 6.45) is 0.0220. The molecule has 0 fully saturated rings. The van der Waals surface area contributed by atoms with E-state index in [-0.39, 0.29) is 17.8 Å². The zero-order valence-corrected chi connectivity index (χ0v) is 20.1. The van der Waals surface area contributed by atoms with Crippen molar-refractivity contribution in [1.29, 1.82) is 0 Å². The average Bonchev–Trinajstić information content (AvgIpc) is 2.80. The van der Waals surface area contributed by atoms with Crippen molar-refractivity contribution in [3.05, 3.63) is 59.7 Å². The van der Waals surface area contributed by atoms with Crippen molar-refractivity contribution in [2.75, 3.05) is 27.8 Å². The number of ether oxygens (including phenoxy) is 3. The summed E-state index contributed by atoms with van der Waals surface area (Å²) >= 11 is 1.38. The summed E-state index contributed by atoms with van der Waals surface area (Å²) in [4.78, 5) is 26.9. The Kier molecular flexibility index (Phi) is 10.2. The zero-order valence-electron chi connectivity index (χ0n) is 19.3. The van der Waals surface area contributed by atoms with Crippen molar-refractivity contribution in [1.82, 2.24) is 10.2 Å². The first kappa shape index (κ1) is 25.4. The number of methoxy groups -OCH3 is 2. The van der Waals surface area contributed by atoms with Crippen LogP contribution in [0.25, 0.3) is 0 Å². The quantitative estimate of drug-likeness (QED) is 0.509. The fourth-order valence-electron chi connectivity index (χ4n) is 2.94. The number of rotatable bonds is 11. The molecule has 2 amide bonds. The van der Waals surface area contributed by atoms with Crippen LogP contribution in [0.2, 0.25) is 0 Å². The summed E-state index contributed by atoms with van der Waals surface area (Å²) < 4.78 is 15.9. The van der Waals surface area contributed by atoms with Crippen LogP contribution in [0.5, 0.6) is 11.5 Å². The van der Waals surface area contributed by atoms with E-state index in [9.17, 15) is 9.59 Å². The monoisotopic (exact) mass is 460 g/mol. The van der Waals surface area contributed by atoms with Gasteiger partial charge >= 0.3 is 6.09 Å². The van der Waals surface area contributed by atoms with Crippen LogP contribution in [0, 0.1) is 0 Å². The topological polar surface area (TPSA) is 77.1 Å². The van der Waals surface area contributed by atoms with Crippen LogP contribution < -0.4 is 14.8 Å². The van der Waals surface area contributed by atoms with Gasteiger partial charge in [-0.25, -0.2) is 4.79 Å². The van der Waals surface area contributed by atoms with Crippen LogP contribution >= 0.6 is 11.8 Å². The first-order valence-corrected chi connectivity index (χ1v) is 11.4. The molecule has 0 spiro atoms. The van der Waals surface area contributed by atoms with E-state index in [0.717, 1.165) is 11.1 Å². The Morgan fingerprint density at radius 3 is 2.31 bits per heavy atom. The van der Waals surface area contributed by atoms with Crippen LogP contribution in [0.3, 0.4) is 0 Å². The molecule has 2 aromatic carbocycles. The SMILES string of the molecule is COc1ccc(CCN(C)C(=O)C(NC(=O)OCc2ccccc2)SC(C)C)cc1OC. The maximum absolute atomic E-state index is 13.0. The van der Waals surface area contributed by atoms with Gasteiger partial charge in [0.25, 0.3) is 5.91 Å². The third kappa shape index (κ3) is 8.00. The highest BCUT2D eigenvalue weighted by Crippen LogP contribution is 2.27. The van der Waals surface area contributed by atoms with Gasteiger partial charge in [-0.3, -0.25) is 4.79 Å². The molecule has 0 bridgehead atoms. The Balaban J connectivity index is 1.94. The number of hydrogen-bond donors (Lipinski definition) is 1. The van der Waals surface area contributed by atoms with E-state index < -0.39 is 11.5 Å². The van der Waals surface area contributed by atoms with Gasteiger partial charge in [0.05, 0.1) is 14.2 Å². The molecule has 8 heteroatoms. The molecule has 0 aromatic heterocycles. The summed E-state index contributed by atoms with van der Waals surface area (Å²) in [5.41, 5.74) is 1.90. The van der Waals surface area contributed by atoms with Crippen LogP contribution in [0.1, 0.15) is 25.0 Å². The van der Waals surface area contributed by atoms with Gasteiger partial charge in [-0.2, -0.15) is 0 Å². The molecule has 0 radical (unpaired) electrons. The fourth-order valence-corrected chi connectivity index (χ4v) is 3.95. The second kappa shape index (κ2) is 12.9. The molecule has 0 saturated heterocycles. The number of likely N-dealkylation sites (N-methyl/N-ethyl adjacent to an activating group) is 1. The minimum absolute atomic E-state index is 0.148. The van der Waals surface area contributed by atoms with Crippen LogP contribution in [-0.2, 0) is 22.6 Å². The number of thioether (sulfide) groups is 1. The summed E-state index contributed by atoms with van der Waals surface area (Å²) in [5, 5.41) is 2.13. The third-order valence-electron chi connectivity index (χ3n) is 4.65. The van der Waals surface area contributed by atoms with Crippen molar-refractivity contribution >= 4 is 23.8 Å². The lowest BCUT2D eigenvalue weighted by Gasteiger charge is -2.25. The summed E-state index contributed by atoms with van der Waals surface area (Å²) in [5.74, 6) is 1.13. The van der Waals surface area contributed by atoms with Crippen molar-refractivity contribution in [2.45, 2.75) is 37.5 Å². The fraction of sp³-hybridized carbons (Fsp3) is 0.417. The standard InChI is InChI=1S/C24H32N2O5S/c1-17(2)32-22(25-24(28)31-16-19-9-7-6-8-10-19)23(27)26(3)14-13-18-11-12-20(29-4)21(15-18)30-5/h6-12,15,17,22H,13-14,16H2,1-5H3,(H,25,28). The molecule has 2 aromatic rings. The first-order valence-electron chi connectivity index (χ1n) is 10.4. The molecule has 1 atom stereocenters. The largest absolute Gasteiger partial charge is 0.493 e. The van der Waals surface area contributed by atoms with E-state index in [4.69, 9.17) is 14.2 Å². The smallest absolute Gasteiger partial charge is 0.408 e. The van der Waals surface area contributed by atoms with Gasteiger partial charge in [0.1, 0.15) is 6.61 Å². The number of alkyl carbamates (subject to hydrolysis) is 1. The average molecular weight is 461 g/mol. The van der Waals surface area contributed by atoms with E-state index >= 15 is 0 Å². The predicted molar refractivity (Wildman–Crippen MR) is 127 cm³/mol. The van der Waals surface area contributed by atoms with Gasteiger partial charge in [-0.1, -0.05) is 50.2 Å². The molecule has 2 rings (SSSR count). The van der Waals surface area contributed by atoms with Gasteiger partial charge < -0.3 is 24.4 Å². The van der Waals surface area contributed by atoms with E-state index in [1.54, 1.807) is 26.2 Å². The lowest BCUT2D eigenvalue weighted by atomic mass is 10.1. The molecular weight excluding hydrogens is 428 g/mol. The number of benzene rings is 2. The van der Waals surface area contributed by atoms with Gasteiger partial charge in [0.2, 0.25) is 0 Å². The molecule has 1 N–H and O–H groups in total. The van der Waals surface area contributed by atoms with Crippen molar-refractivity contribution in [3.63, 3.8) is 0 Å². The molecule has 32 heavy (non-hydrogen) atoms. The summed E-state index contributed by atoms with van der Waals surface area (Å²) in [6, 6.07) is 15.1. The first-order chi connectivity index (χ1) is 15.3. The number of carbonyl (C=O) groups is 2. The molecule has 7 nitrogen and oxygen atoms in total. The molecule has 174 valence electrons. The van der Waals surface area contributed by atoms with Gasteiger partial charge in [0.15, 0.2) is 16.9 Å². The second-order valence-corrected chi connectivity index (χ2v) is 9.16. The number of amides is 2. The highest BCUT2D eigenvalue weighted by atomic mass is 32.2.